The lowest BCUT2D eigenvalue weighted by Gasteiger charge is -2.34. The minimum Gasteiger partial charge on any atom is -0.343 e. The third kappa shape index (κ3) is 7.37. The van der Waals surface area contributed by atoms with Gasteiger partial charge in [0.15, 0.2) is 5.69 Å². The highest BCUT2D eigenvalue weighted by Gasteiger charge is 2.55. The van der Waals surface area contributed by atoms with Crippen molar-refractivity contribution in [1.82, 2.24) is 15.1 Å². The van der Waals surface area contributed by atoms with E-state index in [4.69, 9.17) is 5.73 Å². The molecule has 14 heteroatoms. The van der Waals surface area contributed by atoms with Crippen molar-refractivity contribution in [3.63, 3.8) is 0 Å². The maximum absolute atomic E-state index is 14.1. The topological polar surface area (TPSA) is 72.9 Å². The van der Waals surface area contributed by atoms with Crippen molar-refractivity contribution in [1.29, 1.82) is 0 Å². The predicted octanol–water partition coefficient (Wildman–Crippen LogP) is 6.22. The van der Waals surface area contributed by atoms with E-state index in [1.165, 1.54) is 19.1 Å². The number of nitrogens with zero attached hydrogens (tertiary/aromatic N) is 2. The molecule has 2 rings (SSSR count). The molecule has 206 valence electrons. The van der Waals surface area contributed by atoms with Gasteiger partial charge in [-0.3, -0.25) is 9.48 Å². The molecule has 0 saturated carbocycles. The predicted molar refractivity (Wildman–Crippen MR) is 116 cm³/mol. The van der Waals surface area contributed by atoms with Crippen LogP contribution in [-0.4, -0.2) is 34.6 Å². The van der Waals surface area contributed by atoms with Gasteiger partial charge < -0.3 is 11.1 Å². The summed E-state index contributed by atoms with van der Waals surface area (Å²) < 4.78 is 119. The summed E-state index contributed by atoms with van der Waals surface area (Å²) in [5, 5.41) is 4.83. The van der Waals surface area contributed by atoms with Gasteiger partial charge in [0.05, 0.1) is 5.69 Å². The molecule has 0 bridgehead atoms. The van der Waals surface area contributed by atoms with Crippen LogP contribution in [0.1, 0.15) is 67.5 Å². The lowest BCUT2D eigenvalue weighted by molar-refractivity contribution is -0.191. The molecular formula is C22H29F9N4O. The van der Waals surface area contributed by atoms with E-state index in [2.05, 4.69) is 5.10 Å². The van der Waals surface area contributed by atoms with Gasteiger partial charge in [-0.2, -0.15) is 44.6 Å². The van der Waals surface area contributed by atoms with Gasteiger partial charge in [-0.15, -0.1) is 0 Å². The van der Waals surface area contributed by atoms with Crippen LogP contribution in [0, 0.1) is 6.92 Å². The number of benzene rings is 1. The Morgan fingerprint density at radius 1 is 1.08 bits per heavy atom. The van der Waals surface area contributed by atoms with Gasteiger partial charge in [0.2, 0.25) is 0 Å². The highest BCUT2D eigenvalue weighted by molar-refractivity contribution is 5.95. The van der Waals surface area contributed by atoms with Gasteiger partial charge in [-0.1, -0.05) is 26.0 Å². The Balaban J connectivity index is 0.00000421. The lowest BCUT2D eigenvalue weighted by Crippen LogP contribution is -2.43. The molecule has 1 aromatic heterocycles. The number of amides is 1. The largest absolute Gasteiger partial charge is 0.435 e. The van der Waals surface area contributed by atoms with Crippen LogP contribution in [0.2, 0.25) is 0 Å². The molecule has 0 saturated heterocycles. The third-order valence-electron chi connectivity index (χ3n) is 5.36. The van der Waals surface area contributed by atoms with Crippen molar-refractivity contribution in [2.75, 3.05) is 6.54 Å². The first-order valence-corrected chi connectivity index (χ1v) is 10.7. The summed E-state index contributed by atoms with van der Waals surface area (Å²) in [5.74, 6) is -1.04. The van der Waals surface area contributed by atoms with Gasteiger partial charge in [-0.25, -0.2) is 0 Å². The van der Waals surface area contributed by atoms with Crippen molar-refractivity contribution >= 4 is 5.91 Å². The molecule has 0 radical (unpaired) electrons. The van der Waals surface area contributed by atoms with E-state index < -0.39 is 60.2 Å². The molecule has 3 N–H and O–H groups in total. The van der Waals surface area contributed by atoms with Gasteiger partial charge in [0.25, 0.3) is 5.91 Å². The zero-order valence-electron chi connectivity index (χ0n) is 20.1. The molecule has 1 amide bonds. The fraction of sp³-hybridized carbons (Fsp3) is 0.545. The number of aromatic nitrogens is 2. The first-order valence-electron chi connectivity index (χ1n) is 10.7. The second-order valence-corrected chi connectivity index (χ2v) is 8.05. The van der Waals surface area contributed by atoms with E-state index in [1.54, 1.807) is 5.32 Å². The zero-order chi connectivity index (χ0) is 28.3. The Morgan fingerprint density at radius 3 is 2.06 bits per heavy atom. The summed E-state index contributed by atoms with van der Waals surface area (Å²) in [5.41, 5.74) is 1.03. The average molecular weight is 536 g/mol. The smallest absolute Gasteiger partial charge is 0.343 e. The number of carbonyl (C=O) groups excluding carboxylic acids is 1. The van der Waals surface area contributed by atoms with Crippen LogP contribution in [0.5, 0.6) is 0 Å². The molecule has 0 spiro atoms. The van der Waals surface area contributed by atoms with Crippen molar-refractivity contribution in [3.8, 4) is 0 Å². The number of aryl methyl sites for hydroxylation is 2. The lowest BCUT2D eigenvalue weighted by atomic mass is 9.78. The normalized spacial score (nSPS) is 15.0. The summed E-state index contributed by atoms with van der Waals surface area (Å²) in [6.45, 7) is 4.50. The summed E-state index contributed by atoms with van der Waals surface area (Å²) >= 11 is 0. The van der Waals surface area contributed by atoms with E-state index in [9.17, 15) is 44.3 Å². The Bertz CT molecular complexity index is 1050. The highest BCUT2D eigenvalue weighted by atomic mass is 19.4. The molecule has 2 atom stereocenters. The number of nitrogens with two attached hydrogens (primary N) is 1. The van der Waals surface area contributed by atoms with E-state index >= 15 is 0 Å². The monoisotopic (exact) mass is 536 g/mol. The molecule has 0 aliphatic carbocycles. The van der Waals surface area contributed by atoms with Crippen LogP contribution in [0.25, 0.3) is 0 Å². The van der Waals surface area contributed by atoms with E-state index in [-0.39, 0.29) is 18.1 Å². The number of hydrogen-bond donors (Lipinski definition) is 2. The SMILES string of the molecule is CC.Cc1cc(C(N)CC(C)(c2cc(C(F)(F)F)nn2C)C(F)(F)F)ccc1C(=O)NCC(F)(F)F.[HH]. The molecule has 1 aromatic carbocycles. The average Bonchev–Trinajstić information content (AvgIpc) is 3.14. The first-order chi connectivity index (χ1) is 16.3. The van der Waals surface area contributed by atoms with Crippen molar-refractivity contribution in [3.05, 3.63) is 52.3 Å². The number of carbonyl (C=O) groups is 1. The zero-order valence-corrected chi connectivity index (χ0v) is 20.1. The molecular weight excluding hydrogens is 507 g/mol. The van der Waals surface area contributed by atoms with Crippen LogP contribution in [0.3, 0.4) is 0 Å². The molecule has 0 aliphatic heterocycles. The second kappa shape index (κ2) is 11.1. The van der Waals surface area contributed by atoms with Crippen molar-refractivity contribution in [2.24, 2.45) is 12.8 Å². The van der Waals surface area contributed by atoms with Crippen molar-refractivity contribution < 1.29 is 45.7 Å². The summed E-state index contributed by atoms with van der Waals surface area (Å²) in [7, 11) is 0.957. The van der Waals surface area contributed by atoms with Crippen LogP contribution in [0.4, 0.5) is 39.5 Å². The van der Waals surface area contributed by atoms with Gasteiger partial charge in [0.1, 0.15) is 12.0 Å². The van der Waals surface area contributed by atoms with Crippen molar-refractivity contribution in [2.45, 2.75) is 64.1 Å². The molecule has 5 nitrogen and oxygen atoms in total. The first kappa shape index (κ1) is 31.3. The minimum atomic E-state index is -5.01. The van der Waals surface area contributed by atoms with E-state index in [0.29, 0.717) is 17.7 Å². The summed E-state index contributed by atoms with van der Waals surface area (Å²) in [6.07, 6.45) is -15.5. The molecule has 2 unspecified atom stereocenters. The summed E-state index contributed by atoms with van der Waals surface area (Å²) in [6, 6.07) is 2.52. The molecule has 1 heterocycles. The van der Waals surface area contributed by atoms with E-state index in [1.807, 2.05) is 13.8 Å². The number of hydrogen-bond acceptors (Lipinski definition) is 3. The van der Waals surface area contributed by atoms with Gasteiger partial charge in [0, 0.05) is 20.1 Å². The maximum Gasteiger partial charge on any atom is 0.435 e. The minimum absolute atomic E-state index is 0. The van der Waals surface area contributed by atoms with Gasteiger partial charge >= 0.3 is 18.5 Å². The molecule has 0 aliphatic rings. The Morgan fingerprint density at radius 2 is 1.64 bits per heavy atom. The number of rotatable bonds is 6. The standard InChI is InChI=1S/C20H21F9N4O.C2H6.H2/c1-10-6-11(4-5-12(10)16(34)31-9-18(21,22)23)13(30)8-17(2,20(27,28)29)15-7-14(19(24,25)26)32-33(15)3;1-2;/h4-7,13H,8-9,30H2,1-3H3,(H,31,34);1-2H3;1H. The fourth-order valence-corrected chi connectivity index (χ4v) is 3.49. The van der Waals surface area contributed by atoms with Crippen LogP contribution >= 0.6 is 0 Å². The molecule has 2 aromatic rings. The third-order valence-corrected chi connectivity index (χ3v) is 5.36. The summed E-state index contributed by atoms with van der Waals surface area (Å²) in [4.78, 5) is 12.0. The Labute approximate surface area is 203 Å². The molecule has 0 fully saturated rings. The maximum atomic E-state index is 14.1. The fourth-order valence-electron chi connectivity index (χ4n) is 3.49. The molecule has 36 heavy (non-hydrogen) atoms. The number of alkyl halides is 9. The van der Waals surface area contributed by atoms with Crippen LogP contribution < -0.4 is 11.1 Å². The Hall–Kier alpha value is -2.77. The number of nitrogens with one attached hydrogen (secondary N) is 1. The quantitative estimate of drug-likeness (QED) is 0.431. The Kier molecular flexibility index (Phi) is 9.63. The van der Waals surface area contributed by atoms with Crippen LogP contribution in [-0.2, 0) is 18.6 Å². The number of halogens is 9. The van der Waals surface area contributed by atoms with E-state index in [0.717, 1.165) is 13.1 Å². The second-order valence-electron chi connectivity index (χ2n) is 8.05. The highest BCUT2D eigenvalue weighted by Crippen LogP contribution is 2.47. The van der Waals surface area contributed by atoms with Gasteiger partial charge in [-0.05, 0) is 43.5 Å². The van der Waals surface area contributed by atoms with Crippen LogP contribution in [0.15, 0.2) is 24.3 Å².